The molecule has 2 bridgehead atoms. The Balaban J connectivity index is 1.98. The van der Waals surface area contributed by atoms with Gasteiger partial charge in [-0.1, -0.05) is 0 Å². The van der Waals surface area contributed by atoms with Crippen molar-refractivity contribution in [3.63, 3.8) is 0 Å². The van der Waals surface area contributed by atoms with E-state index in [4.69, 9.17) is 0 Å². The van der Waals surface area contributed by atoms with E-state index in [1.54, 1.807) is 0 Å². The lowest BCUT2D eigenvalue weighted by Crippen LogP contribution is -2.19. The lowest BCUT2D eigenvalue weighted by atomic mass is 9.87. The van der Waals surface area contributed by atoms with Gasteiger partial charge in [0, 0.05) is 12.3 Å². The van der Waals surface area contributed by atoms with Crippen LogP contribution in [0.1, 0.15) is 12.8 Å². The summed E-state index contributed by atoms with van der Waals surface area (Å²) in [4.78, 5) is 10.9. The van der Waals surface area contributed by atoms with Gasteiger partial charge in [-0.2, -0.15) is 0 Å². The number of ketones is 1. The Hall–Kier alpha value is -0.330. The van der Waals surface area contributed by atoms with Crippen LogP contribution in [0.3, 0.4) is 0 Å². The molecule has 8 heavy (non-hydrogen) atoms. The third-order valence-corrected chi connectivity index (χ3v) is 3.08. The Morgan fingerprint density at radius 2 is 2.12 bits per heavy atom. The van der Waals surface area contributed by atoms with Gasteiger partial charge in [-0.05, 0) is 24.2 Å². The summed E-state index contributed by atoms with van der Waals surface area (Å²) in [7, 11) is 0. The molecule has 42 valence electrons. The van der Waals surface area contributed by atoms with Crippen molar-refractivity contribution in [3.05, 3.63) is 0 Å². The van der Waals surface area contributed by atoms with E-state index in [0.29, 0.717) is 11.7 Å². The number of rotatable bonds is 0. The topological polar surface area (TPSA) is 17.1 Å². The highest BCUT2D eigenvalue weighted by Crippen LogP contribution is 2.77. The van der Waals surface area contributed by atoms with Gasteiger partial charge in [0.05, 0.1) is 0 Å². The van der Waals surface area contributed by atoms with Crippen LogP contribution in [0, 0.1) is 23.7 Å². The number of fused-ring (bicyclic) bond motifs is 2. The van der Waals surface area contributed by atoms with Gasteiger partial charge in [-0.25, -0.2) is 0 Å². The molecule has 0 spiro atoms. The maximum Gasteiger partial charge on any atom is 0.136 e. The second kappa shape index (κ2) is 0.772. The molecule has 2 unspecified atom stereocenters. The van der Waals surface area contributed by atoms with Crippen LogP contribution >= 0.6 is 0 Å². The van der Waals surface area contributed by atoms with E-state index in [1.165, 1.54) is 6.42 Å². The normalized spacial score (nSPS) is 64.8. The van der Waals surface area contributed by atoms with Crippen molar-refractivity contribution in [2.75, 3.05) is 0 Å². The maximum absolute atomic E-state index is 10.9. The Labute approximate surface area is 48.1 Å². The van der Waals surface area contributed by atoms with E-state index < -0.39 is 0 Å². The van der Waals surface area contributed by atoms with Crippen molar-refractivity contribution in [2.24, 2.45) is 23.7 Å². The van der Waals surface area contributed by atoms with Gasteiger partial charge in [0.1, 0.15) is 5.78 Å². The fraction of sp³-hybridized carbons (Fsp3) is 0.857. The summed E-state index contributed by atoms with van der Waals surface area (Å²) in [6.07, 6.45) is 2.13. The van der Waals surface area contributed by atoms with E-state index in [9.17, 15) is 4.79 Å². The zero-order valence-corrected chi connectivity index (χ0v) is 4.63. The molecule has 1 heteroatoms. The molecule has 0 saturated heterocycles. The van der Waals surface area contributed by atoms with Gasteiger partial charge in [0.25, 0.3) is 0 Å². The van der Waals surface area contributed by atoms with Crippen molar-refractivity contribution < 1.29 is 4.79 Å². The molecule has 0 aliphatic heterocycles. The fourth-order valence-corrected chi connectivity index (χ4v) is 2.46. The lowest BCUT2D eigenvalue weighted by molar-refractivity contribution is -0.124. The van der Waals surface area contributed by atoms with Crippen molar-refractivity contribution in [1.82, 2.24) is 0 Å². The smallest absolute Gasteiger partial charge is 0.136 e. The second-order valence-corrected chi connectivity index (χ2v) is 3.35. The number of hydrogen-bond acceptors (Lipinski definition) is 1. The van der Waals surface area contributed by atoms with Crippen LogP contribution in [0.4, 0.5) is 0 Å². The third-order valence-electron chi connectivity index (χ3n) is 3.08. The first-order chi connectivity index (χ1) is 3.89. The van der Waals surface area contributed by atoms with E-state index in [0.717, 1.165) is 24.2 Å². The van der Waals surface area contributed by atoms with Gasteiger partial charge >= 0.3 is 0 Å². The maximum atomic E-state index is 10.9. The third kappa shape index (κ3) is 0.203. The molecule has 4 aliphatic rings. The first-order valence-electron chi connectivity index (χ1n) is 3.42. The molecule has 0 heterocycles. The molecular weight excluding hydrogens is 100 g/mol. The molecule has 0 amide bonds. The first-order valence-corrected chi connectivity index (χ1v) is 3.42. The SMILES string of the molecule is O=C1CCC2C3C1C23. The Bertz CT molecular complexity index is 163. The van der Waals surface area contributed by atoms with Gasteiger partial charge in [0.2, 0.25) is 0 Å². The number of Topliss-reactive ketones (excluding diaryl/α,β-unsaturated/α-hetero) is 1. The summed E-state index contributed by atoms with van der Waals surface area (Å²) >= 11 is 0. The van der Waals surface area contributed by atoms with Gasteiger partial charge < -0.3 is 0 Å². The predicted molar refractivity (Wildman–Crippen MR) is 28.2 cm³/mol. The Kier molecular flexibility index (Phi) is 0.352. The zero-order chi connectivity index (χ0) is 5.30. The zero-order valence-electron chi connectivity index (χ0n) is 4.63. The highest BCUT2D eigenvalue weighted by molar-refractivity contribution is 5.88. The highest BCUT2D eigenvalue weighted by atomic mass is 16.1. The number of carbonyl (C=O) groups is 1. The summed E-state index contributed by atoms with van der Waals surface area (Å²) in [5.74, 6) is 4.02. The fourth-order valence-electron chi connectivity index (χ4n) is 2.46. The van der Waals surface area contributed by atoms with Crippen LogP contribution in [0.25, 0.3) is 0 Å². The molecule has 4 saturated carbocycles. The summed E-state index contributed by atoms with van der Waals surface area (Å²) in [6.45, 7) is 0. The van der Waals surface area contributed by atoms with Crippen LogP contribution in [0.5, 0.6) is 0 Å². The summed E-state index contributed by atoms with van der Waals surface area (Å²) in [5.41, 5.74) is 0. The minimum absolute atomic E-state index is 0.572. The molecule has 4 fully saturated rings. The molecule has 0 aromatic carbocycles. The van der Waals surface area contributed by atoms with Crippen LogP contribution in [0.15, 0.2) is 0 Å². The lowest BCUT2D eigenvalue weighted by Gasteiger charge is -2.16. The second-order valence-electron chi connectivity index (χ2n) is 3.35. The summed E-state index contributed by atoms with van der Waals surface area (Å²) in [5, 5.41) is 0. The minimum atomic E-state index is 0.572. The van der Waals surface area contributed by atoms with Crippen molar-refractivity contribution >= 4 is 5.78 Å². The van der Waals surface area contributed by atoms with Crippen LogP contribution in [0.2, 0.25) is 0 Å². The van der Waals surface area contributed by atoms with Gasteiger partial charge in [0.15, 0.2) is 0 Å². The van der Waals surface area contributed by atoms with E-state index >= 15 is 0 Å². The monoisotopic (exact) mass is 108 g/mol. The molecule has 0 aromatic heterocycles. The van der Waals surface area contributed by atoms with E-state index in [-0.39, 0.29) is 0 Å². The van der Waals surface area contributed by atoms with Crippen molar-refractivity contribution in [2.45, 2.75) is 12.8 Å². The Morgan fingerprint density at radius 3 is 2.50 bits per heavy atom. The molecule has 1 nitrogen and oxygen atoms in total. The van der Waals surface area contributed by atoms with Crippen LogP contribution in [-0.2, 0) is 4.79 Å². The minimum Gasteiger partial charge on any atom is -0.299 e. The van der Waals surface area contributed by atoms with E-state index in [2.05, 4.69) is 0 Å². The molecule has 4 aliphatic carbocycles. The summed E-state index contributed by atoms with van der Waals surface area (Å²) in [6, 6.07) is 0. The Morgan fingerprint density at radius 1 is 1.38 bits per heavy atom. The van der Waals surface area contributed by atoms with E-state index in [1.807, 2.05) is 0 Å². The first kappa shape index (κ1) is 3.65. The molecule has 2 atom stereocenters. The summed E-state index contributed by atoms with van der Waals surface area (Å²) < 4.78 is 0. The molecule has 0 aromatic rings. The van der Waals surface area contributed by atoms with Gasteiger partial charge in [-0.15, -0.1) is 0 Å². The number of hydrogen-bond donors (Lipinski definition) is 0. The number of carbonyl (C=O) groups excluding carboxylic acids is 1. The van der Waals surface area contributed by atoms with Crippen LogP contribution in [-0.4, -0.2) is 5.78 Å². The predicted octanol–water partition coefficient (Wildman–Crippen LogP) is 0.841. The molecule has 4 rings (SSSR count). The standard InChI is InChI=1S/C7H8O/c8-4-2-1-3-5-6(3)7(4)5/h3,5-7H,1-2H2. The molecular formula is C7H8O. The largest absolute Gasteiger partial charge is 0.299 e. The van der Waals surface area contributed by atoms with Crippen LogP contribution < -0.4 is 0 Å². The average molecular weight is 108 g/mol. The quantitative estimate of drug-likeness (QED) is 0.449. The van der Waals surface area contributed by atoms with Gasteiger partial charge in [-0.3, -0.25) is 4.79 Å². The van der Waals surface area contributed by atoms with Crippen molar-refractivity contribution in [1.29, 1.82) is 0 Å². The average Bonchev–Trinajstić information content (AvgIpc) is 2.48. The van der Waals surface area contributed by atoms with Crippen molar-refractivity contribution in [3.8, 4) is 0 Å². The molecule has 0 N–H and O–H groups in total. The highest BCUT2D eigenvalue weighted by Gasteiger charge is 2.77. The molecule has 0 radical (unpaired) electrons.